The SMILES string of the molecule is COc1ccc(C(=O)NCC(=O)N/N=C\c2ccccc2OCc2ccccc2Cl)cc1OC. The normalized spacial score (nSPS) is 10.6. The summed E-state index contributed by atoms with van der Waals surface area (Å²) in [5.74, 6) is 0.585. The van der Waals surface area contributed by atoms with Gasteiger partial charge >= 0.3 is 0 Å². The zero-order valence-electron chi connectivity index (χ0n) is 18.7. The summed E-state index contributed by atoms with van der Waals surface area (Å²) >= 11 is 6.17. The number of nitrogens with zero attached hydrogens (tertiary/aromatic N) is 1. The molecule has 0 saturated heterocycles. The van der Waals surface area contributed by atoms with Crippen LogP contribution in [0.25, 0.3) is 0 Å². The molecule has 0 spiro atoms. The number of halogens is 1. The van der Waals surface area contributed by atoms with Gasteiger partial charge < -0.3 is 19.5 Å². The summed E-state index contributed by atoms with van der Waals surface area (Å²) in [6.07, 6.45) is 1.47. The minimum atomic E-state index is -0.487. The molecule has 8 nitrogen and oxygen atoms in total. The Labute approximate surface area is 202 Å². The van der Waals surface area contributed by atoms with E-state index in [0.717, 1.165) is 5.56 Å². The third-order valence-corrected chi connectivity index (χ3v) is 5.08. The molecular weight excluding hydrogens is 458 g/mol. The van der Waals surface area contributed by atoms with Crippen molar-refractivity contribution in [3.63, 3.8) is 0 Å². The van der Waals surface area contributed by atoms with Crippen molar-refractivity contribution < 1.29 is 23.8 Å². The Morgan fingerprint density at radius 1 is 0.941 bits per heavy atom. The highest BCUT2D eigenvalue weighted by atomic mass is 35.5. The van der Waals surface area contributed by atoms with Gasteiger partial charge in [-0.05, 0) is 36.4 Å². The van der Waals surface area contributed by atoms with Crippen molar-refractivity contribution >= 4 is 29.6 Å². The van der Waals surface area contributed by atoms with Crippen molar-refractivity contribution in [2.45, 2.75) is 6.61 Å². The molecule has 0 heterocycles. The smallest absolute Gasteiger partial charge is 0.259 e. The number of methoxy groups -OCH3 is 2. The summed E-state index contributed by atoms with van der Waals surface area (Å²) in [6.45, 7) is 0.0359. The van der Waals surface area contributed by atoms with E-state index in [1.54, 1.807) is 30.3 Å². The fraction of sp³-hybridized carbons (Fsp3) is 0.160. The largest absolute Gasteiger partial charge is 0.493 e. The third-order valence-electron chi connectivity index (χ3n) is 4.71. The Hall–Kier alpha value is -4.04. The lowest BCUT2D eigenvalue weighted by atomic mass is 10.2. The molecule has 0 aliphatic heterocycles. The van der Waals surface area contributed by atoms with Crippen molar-refractivity contribution in [3.8, 4) is 17.2 Å². The number of carbonyl (C=O) groups excluding carboxylic acids is 2. The number of para-hydroxylation sites is 1. The number of amides is 2. The van der Waals surface area contributed by atoms with E-state index >= 15 is 0 Å². The molecule has 0 fully saturated rings. The lowest BCUT2D eigenvalue weighted by Crippen LogP contribution is -2.34. The average molecular weight is 482 g/mol. The molecule has 2 amide bonds. The zero-order valence-corrected chi connectivity index (χ0v) is 19.5. The average Bonchev–Trinajstić information content (AvgIpc) is 2.87. The van der Waals surface area contributed by atoms with Gasteiger partial charge in [0.05, 0.1) is 27.0 Å². The highest BCUT2D eigenvalue weighted by Crippen LogP contribution is 2.27. The van der Waals surface area contributed by atoms with Gasteiger partial charge in [-0.15, -0.1) is 0 Å². The number of ether oxygens (including phenoxy) is 3. The van der Waals surface area contributed by atoms with Gasteiger partial charge in [0, 0.05) is 21.7 Å². The molecule has 0 unspecified atom stereocenters. The summed E-state index contributed by atoms with van der Waals surface area (Å²) in [6, 6.07) is 19.4. The van der Waals surface area contributed by atoms with Crippen LogP contribution in [0.2, 0.25) is 5.02 Å². The van der Waals surface area contributed by atoms with E-state index in [2.05, 4.69) is 15.8 Å². The van der Waals surface area contributed by atoms with Crippen LogP contribution in [0.1, 0.15) is 21.5 Å². The number of hydrogen-bond acceptors (Lipinski definition) is 6. The fourth-order valence-corrected chi connectivity index (χ4v) is 3.13. The number of nitrogens with one attached hydrogen (secondary N) is 2. The third kappa shape index (κ3) is 6.73. The molecule has 3 aromatic carbocycles. The van der Waals surface area contributed by atoms with Crippen LogP contribution in [0, 0.1) is 0 Å². The van der Waals surface area contributed by atoms with E-state index in [-0.39, 0.29) is 6.54 Å². The molecule has 0 aliphatic carbocycles. The first kappa shape index (κ1) is 24.6. The van der Waals surface area contributed by atoms with Gasteiger partial charge in [-0.3, -0.25) is 9.59 Å². The van der Waals surface area contributed by atoms with Crippen LogP contribution >= 0.6 is 11.6 Å². The van der Waals surface area contributed by atoms with Gasteiger partial charge in [-0.1, -0.05) is 41.9 Å². The van der Waals surface area contributed by atoms with E-state index in [4.69, 9.17) is 25.8 Å². The molecule has 3 aromatic rings. The molecule has 0 aromatic heterocycles. The van der Waals surface area contributed by atoms with Gasteiger partial charge in [0.1, 0.15) is 12.4 Å². The molecule has 3 rings (SSSR count). The Morgan fingerprint density at radius 2 is 1.68 bits per heavy atom. The Morgan fingerprint density at radius 3 is 2.44 bits per heavy atom. The van der Waals surface area contributed by atoms with Crippen molar-refractivity contribution in [3.05, 3.63) is 88.4 Å². The topological polar surface area (TPSA) is 98.2 Å². The number of benzene rings is 3. The second-order valence-electron chi connectivity index (χ2n) is 6.96. The number of hydrogen-bond donors (Lipinski definition) is 2. The van der Waals surface area contributed by atoms with Crippen LogP contribution < -0.4 is 25.0 Å². The maximum absolute atomic E-state index is 12.3. The number of hydrazone groups is 1. The van der Waals surface area contributed by atoms with Crippen molar-refractivity contribution in [1.82, 2.24) is 10.7 Å². The molecule has 0 saturated carbocycles. The molecular formula is C25H24ClN3O5. The Bertz CT molecular complexity index is 1180. The van der Waals surface area contributed by atoms with Crippen molar-refractivity contribution in [2.75, 3.05) is 20.8 Å². The molecule has 0 aliphatic rings. The van der Waals surface area contributed by atoms with Crippen molar-refractivity contribution in [2.24, 2.45) is 5.10 Å². The van der Waals surface area contributed by atoms with Crippen molar-refractivity contribution in [1.29, 1.82) is 0 Å². The first-order chi connectivity index (χ1) is 16.5. The standard InChI is InChI=1S/C25H24ClN3O5/c1-32-22-12-11-17(13-23(22)33-2)25(31)27-15-24(30)29-28-14-18-7-4-6-10-21(18)34-16-19-8-3-5-9-20(19)26/h3-14H,15-16H2,1-2H3,(H,27,31)(H,29,30)/b28-14-. The van der Waals surface area contributed by atoms with Gasteiger partial charge in [-0.25, -0.2) is 5.43 Å². The van der Waals surface area contributed by atoms with Crippen LogP contribution in [0.15, 0.2) is 71.8 Å². The van der Waals surface area contributed by atoms with Gasteiger partial charge in [0.2, 0.25) is 0 Å². The van der Waals surface area contributed by atoms with Gasteiger partial charge in [0.25, 0.3) is 11.8 Å². The predicted octanol–water partition coefficient (Wildman–Crippen LogP) is 3.82. The lowest BCUT2D eigenvalue weighted by molar-refractivity contribution is -0.120. The highest BCUT2D eigenvalue weighted by Gasteiger charge is 2.12. The molecule has 9 heteroatoms. The van der Waals surface area contributed by atoms with Gasteiger partial charge in [-0.2, -0.15) is 5.10 Å². The Kier molecular flexibility index (Phi) is 8.88. The highest BCUT2D eigenvalue weighted by molar-refractivity contribution is 6.31. The minimum Gasteiger partial charge on any atom is -0.493 e. The summed E-state index contributed by atoms with van der Waals surface area (Å²) < 4.78 is 16.2. The predicted molar refractivity (Wildman–Crippen MR) is 130 cm³/mol. The van der Waals surface area contributed by atoms with Crippen LogP contribution in [0.3, 0.4) is 0 Å². The molecule has 0 radical (unpaired) electrons. The second-order valence-corrected chi connectivity index (χ2v) is 7.37. The molecule has 34 heavy (non-hydrogen) atoms. The summed E-state index contributed by atoms with van der Waals surface area (Å²) in [5, 5.41) is 7.11. The monoisotopic (exact) mass is 481 g/mol. The van der Waals surface area contributed by atoms with E-state index < -0.39 is 11.8 Å². The fourth-order valence-electron chi connectivity index (χ4n) is 2.94. The van der Waals surface area contributed by atoms with E-state index in [0.29, 0.717) is 40.0 Å². The minimum absolute atomic E-state index is 0.255. The Balaban J connectivity index is 1.52. The summed E-state index contributed by atoms with van der Waals surface area (Å²) in [5.41, 5.74) is 4.24. The van der Waals surface area contributed by atoms with E-state index in [1.165, 1.54) is 26.5 Å². The van der Waals surface area contributed by atoms with Crippen LogP contribution in [-0.2, 0) is 11.4 Å². The van der Waals surface area contributed by atoms with E-state index in [1.807, 2.05) is 30.3 Å². The second kappa shape index (κ2) is 12.3. The van der Waals surface area contributed by atoms with Gasteiger partial charge in [0.15, 0.2) is 11.5 Å². The molecule has 0 bridgehead atoms. The zero-order chi connectivity index (χ0) is 24.3. The first-order valence-corrected chi connectivity index (χ1v) is 10.7. The molecule has 176 valence electrons. The van der Waals surface area contributed by atoms with E-state index in [9.17, 15) is 9.59 Å². The number of carbonyl (C=O) groups is 2. The molecule has 2 N–H and O–H groups in total. The van der Waals surface area contributed by atoms with Crippen LogP contribution in [0.5, 0.6) is 17.2 Å². The summed E-state index contributed by atoms with van der Waals surface area (Å²) in [7, 11) is 2.98. The molecule has 0 atom stereocenters. The number of rotatable bonds is 10. The maximum atomic E-state index is 12.3. The van der Waals surface area contributed by atoms with Crippen LogP contribution in [0.4, 0.5) is 0 Å². The quantitative estimate of drug-likeness (QED) is 0.339. The lowest BCUT2D eigenvalue weighted by Gasteiger charge is -2.10. The first-order valence-electron chi connectivity index (χ1n) is 10.3. The van der Waals surface area contributed by atoms with Crippen LogP contribution in [-0.4, -0.2) is 38.8 Å². The maximum Gasteiger partial charge on any atom is 0.259 e. The summed E-state index contributed by atoms with van der Waals surface area (Å²) in [4.78, 5) is 24.4.